The Bertz CT molecular complexity index is 2320. The van der Waals surface area contributed by atoms with Crippen molar-refractivity contribution in [1.29, 1.82) is 0 Å². The zero-order valence-electron chi connectivity index (χ0n) is 26.7. The lowest BCUT2D eigenvalue weighted by Gasteiger charge is -2.30. The Morgan fingerprint density at radius 2 is 0.533 bits per heavy atom. The van der Waals surface area contributed by atoms with E-state index in [-0.39, 0.29) is 0 Å². The summed E-state index contributed by atoms with van der Waals surface area (Å²) in [4.78, 5) is 21.5. The monoisotopic (exact) mass is 604 g/mol. The average Bonchev–Trinajstić information content (AvgIpc) is 3.79. The average molecular weight is 605 g/mol. The van der Waals surface area contributed by atoms with Gasteiger partial charge in [0.2, 0.25) is 0 Å². The minimum atomic E-state index is -3.35. The van der Waals surface area contributed by atoms with E-state index in [1.807, 2.05) is 0 Å². The third-order valence-electron chi connectivity index (χ3n) is 10.7. The third kappa shape index (κ3) is 2.76. The van der Waals surface area contributed by atoms with Crippen LogP contribution in [0.1, 0.15) is 44.5 Å². The van der Waals surface area contributed by atoms with Gasteiger partial charge in [0, 0.05) is 0 Å². The van der Waals surface area contributed by atoms with Crippen LogP contribution in [0.15, 0.2) is 48.5 Å². The molecule has 0 bridgehead atoms. The summed E-state index contributed by atoms with van der Waals surface area (Å²) >= 11 is 0. The molecule has 6 heterocycles. The molecule has 0 radical (unpaired) electrons. The quantitative estimate of drug-likeness (QED) is 0.169. The minimum absolute atomic E-state index is 0.906. The first-order valence-electron chi connectivity index (χ1n) is 15.6. The van der Waals surface area contributed by atoms with Crippen LogP contribution in [0.25, 0.3) is 67.4 Å². The molecule has 8 aromatic rings. The van der Waals surface area contributed by atoms with Crippen LogP contribution in [0.4, 0.5) is 0 Å². The number of rotatable bonds is 0. The van der Waals surface area contributed by atoms with Crippen molar-refractivity contribution in [1.82, 2.24) is 36.9 Å². The molecule has 0 aliphatic carbocycles. The summed E-state index contributed by atoms with van der Waals surface area (Å²) in [5, 5.41) is 0. The van der Waals surface area contributed by atoms with Gasteiger partial charge in [0.05, 0.1) is 44.1 Å². The Kier molecular flexibility index (Phi) is 4.38. The Morgan fingerprint density at radius 3 is 0.756 bits per heavy atom. The van der Waals surface area contributed by atoms with Gasteiger partial charge in [0.1, 0.15) is 0 Å². The van der Waals surface area contributed by atoms with E-state index in [0.29, 0.717) is 0 Å². The Hall–Kier alpha value is -5.02. The largest absolute Gasteiger partial charge is 0.527 e. The van der Waals surface area contributed by atoms with Crippen molar-refractivity contribution in [3.05, 3.63) is 93.0 Å². The number of hydrogen-bond donors (Lipinski definition) is 0. The summed E-state index contributed by atoms with van der Waals surface area (Å²) in [7, 11) is -3.35. The molecule has 4 aromatic carbocycles. The molecule has 2 aliphatic rings. The van der Waals surface area contributed by atoms with Gasteiger partial charge in [-0.25, -0.2) is 19.9 Å². The highest BCUT2D eigenvalue weighted by atomic mass is 28.4. The molecule has 10 rings (SSSR count). The lowest BCUT2D eigenvalue weighted by Crippen LogP contribution is -2.59. The summed E-state index contributed by atoms with van der Waals surface area (Å²) < 4.78 is 10.2. The standard InChI is InChI=1S/C36H32N8Si/c1-17-9-25-29(13-21(17)5)41-33(37-25)34-38-26-10-18(2)22(6)14-30(26)42(34)45(41)43-31-15-23(7)19(3)11-27(31)39-35(43)36-40-28-12-20(4)24(8)16-32(28)44(36)45/h9-16H,1-8H3. The molecule has 0 atom stereocenters. The normalized spacial score (nSPS) is 14.4. The molecule has 0 saturated carbocycles. The van der Waals surface area contributed by atoms with Crippen molar-refractivity contribution < 1.29 is 0 Å². The first-order valence-corrected chi connectivity index (χ1v) is 17.4. The fourth-order valence-corrected chi connectivity index (χ4v) is 12.7. The van der Waals surface area contributed by atoms with Crippen molar-refractivity contribution in [3.63, 3.8) is 0 Å². The van der Waals surface area contributed by atoms with Gasteiger partial charge >= 0.3 is 8.72 Å². The number of hydrogen-bond acceptors (Lipinski definition) is 4. The summed E-state index contributed by atoms with van der Waals surface area (Å²) in [5.74, 6) is 3.62. The second-order valence-corrected chi connectivity index (χ2v) is 16.4. The van der Waals surface area contributed by atoms with Crippen molar-refractivity contribution in [3.8, 4) is 23.3 Å². The van der Waals surface area contributed by atoms with Crippen molar-refractivity contribution in [2.75, 3.05) is 0 Å². The molecule has 0 saturated heterocycles. The molecule has 9 heteroatoms. The van der Waals surface area contributed by atoms with Crippen LogP contribution in [0, 0.1) is 55.4 Å². The topological polar surface area (TPSA) is 71.3 Å². The smallest absolute Gasteiger partial charge is 0.295 e. The van der Waals surface area contributed by atoms with E-state index < -0.39 is 8.72 Å². The molecule has 8 nitrogen and oxygen atoms in total. The van der Waals surface area contributed by atoms with Crippen LogP contribution in [-0.2, 0) is 0 Å². The maximum atomic E-state index is 5.38. The van der Waals surface area contributed by atoms with E-state index in [1.165, 1.54) is 44.5 Å². The first-order chi connectivity index (χ1) is 21.6. The summed E-state index contributed by atoms with van der Waals surface area (Å²) in [6.45, 7) is 17.5. The van der Waals surface area contributed by atoms with E-state index in [1.54, 1.807) is 0 Å². The number of nitrogens with zero attached hydrogens (tertiary/aromatic N) is 8. The summed E-state index contributed by atoms with van der Waals surface area (Å²) in [5.41, 5.74) is 18.4. The van der Waals surface area contributed by atoms with Gasteiger partial charge in [0.15, 0.2) is 23.3 Å². The number of imidazole rings is 4. The van der Waals surface area contributed by atoms with Gasteiger partial charge in [0.25, 0.3) is 0 Å². The number of fused-ring (bicyclic) bond motifs is 18. The van der Waals surface area contributed by atoms with Gasteiger partial charge in [-0.05, 0) is 148 Å². The van der Waals surface area contributed by atoms with Crippen molar-refractivity contribution >= 4 is 52.9 Å². The predicted octanol–water partition coefficient (Wildman–Crippen LogP) is 7.44. The Labute approximate surface area is 260 Å². The Morgan fingerprint density at radius 1 is 0.333 bits per heavy atom. The number of aryl methyl sites for hydroxylation is 8. The van der Waals surface area contributed by atoms with Crippen LogP contribution in [0.5, 0.6) is 0 Å². The van der Waals surface area contributed by atoms with Gasteiger partial charge in [-0.15, -0.1) is 0 Å². The van der Waals surface area contributed by atoms with E-state index in [9.17, 15) is 0 Å². The van der Waals surface area contributed by atoms with Gasteiger partial charge in [-0.1, -0.05) is 0 Å². The molecule has 45 heavy (non-hydrogen) atoms. The van der Waals surface area contributed by atoms with E-state index in [0.717, 1.165) is 67.4 Å². The van der Waals surface area contributed by atoms with Crippen LogP contribution in [0.2, 0.25) is 0 Å². The molecular formula is C36H32N8Si. The molecule has 0 unspecified atom stereocenters. The first kappa shape index (κ1) is 25.3. The van der Waals surface area contributed by atoms with Crippen LogP contribution < -0.4 is 0 Å². The lowest BCUT2D eigenvalue weighted by molar-refractivity contribution is 0.953. The zero-order valence-corrected chi connectivity index (χ0v) is 27.7. The Balaban J connectivity index is 1.52. The maximum Gasteiger partial charge on any atom is 0.527 e. The summed E-state index contributed by atoms with van der Waals surface area (Å²) in [6.07, 6.45) is 0. The highest BCUT2D eigenvalue weighted by Crippen LogP contribution is 2.49. The molecule has 220 valence electrons. The van der Waals surface area contributed by atoms with Crippen LogP contribution in [-0.4, -0.2) is 45.6 Å². The molecule has 2 aliphatic heterocycles. The second-order valence-electron chi connectivity index (χ2n) is 13.4. The molecular weight excluding hydrogens is 573 g/mol. The molecule has 1 spiro atoms. The van der Waals surface area contributed by atoms with Gasteiger partial charge in [-0.3, -0.25) is 16.9 Å². The van der Waals surface area contributed by atoms with Gasteiger partial charge in [-0.2, -0.15) is 0 Å². The van der Waals surface area contributed by atoms with Crippen molar-refractivity contribution in [2.24, 2.45) is 0 Å². The number of aromatic nitrogens is 8. The molecule has 0 amide bonds. The van der Waals surface area contributed by atoms with Crippen LogP contribution >= 0.6 is 0 Å². The van der Waals surface area contributed by atoms with Gasteiger partial charge < -0.3 is 0 Å². The lowest BCUT2D eigenvalue weighted by atomic mass is 10.1. The molecule has 4 aromatic heterocycles. The minimum Gasteiger partial charge on any atom is -0.295 e. The predicted molar refractivity (Wildman–Crippen MR) is 182 cm³/mol. The molecule has 0 fully saturated rings. The van der Waals surface area contributed by atoms with E-state index in [4.69, 9.17) is 19.9 Å². The van der Waals surface area contributed by atoms with E-state index >= 15 is 0 Å². The number of benzene rings is 4. The fourth-order valence-electron chi connectivity index (χ4n) is 7.74. The molecule has 0 N–H and O–H groups in total. The fraction of sp³-hybridized carbons (Fsp3) is 0.222. The zero-order chi connectivity index (χ0) is 30.8. The van der Waals surface area contributed by atoms with Crippen molar-refractivity contribution in [2.45, 2.75) is 55.4 Å². The second kappa shape index (κ2) is 7.78. The van der Waals surface area contributed by atoms with Crippen LogP contribution in [0.3, 0.4) is 0 Å². The highest BCUT2D eigenvalue weighted by Gasteiger charge is 2.62. The summed E-state index contributed by atoms with van der Waals surface area (Å²) in [6, 6.07) is 18.2. The van der Waals surface area contributed by atoms with E-state index in [2.05, 4.69) is 121 Å². The maximum absolute atomic E-state index is 5.38. The SMILES string of the molecule is Cc1cc2nc3n(c2cc1C)[Si]1(n2c-3nc3cc(C)c(C)cc32)n2c(nc3cc(C)c(C)cc32)-c2nc3cc(C)c(C)cc3n21. The third-order valence-corrected chi connectivity index (χ3v) is 14.9. The highest BCUT2D eigenvalue weighted by molar-refractivity contribution is 6.80.